The third-order valence-electron chi connectivity index (χ3n) is 4.61. The lowest BCUT2D eigenvalue weighted by Gasteiger charge is -2.08. The molecular formula is C19H17FN4O3S. The summed E-state index contributed by atoms with van der Waals surface area (Å²) in [5, 5.41) is 0.810. The standard InChI is InChI=1S/C19H17FN4O3S/c1-10-5-6-12-7-14(24(28-20)18(12)21-10)17-11(2)23-15(22-17)8-13(19(25)27-4)9-16(23)26-3/h5-9H,1-4H3. The van der Waals surface area contributed by atoms with Crippen molar-refractivity contribution in [3.8, 4) is 17.3 Å². The highest BCUT2D eigenvalue weighted by atomic mass is 32.2. The van der Waals surface area contributed by atoms with E-state index in [0.29, 0.717) is 34.1 Å². The molecule has 0 fully saturated rings. The van der Waals surface area contributed by atoms with Gasteiger partial charge in [0.15, 0.2) is 23.9 Å². The summed E-state index contributed by atoms with van der Waals surface area (Å²) in [6, 6.07) is 8.82. The van der Waals surface area contributed by atoms with E-state index < -0.39 is 5.97 Å². The number of carbonyl (C=O) groups excluding carboxylic acids is 1. The van der Waals surface area contributed by atoms with Gasteiger partial charge in [0.25, 0.3) is 0 Å². The van der Waals surface area contributed by atoms with Gasteiger partial charge in [-0.1, -0.05) is 0 Å². The fourth-order valence-corrected chi connectivity index (χ4v) is 3.71. The Morgan fingerprint density at radius 2 is 1.93 bits per heavy atom. The molecule has 7 nitrogen and oxygen atoms in total. The van der Waals surface area contributed by atoms with Crippen molar-refractivity contribution in [2.45, 2.75) is 13.8 Å². The minimum Gasteiger partial charge on any atom is -0.482 e. The van der Waals surface area contributed by atoms with Crippen molar-refractivity contribution in [1.29, 1.82) is 0 Å². The maximum atomic E-state index is 13.8. The van der Waals surface area contributed by atoms with E-state index in [1.165, 1.54) is 18.2 Å². The molecule has 0 aliphatic heterocycles. The Kier molecular flexibility index (Phi) is 4.46. The van der Waals surface area contributed by atoms with Gasteiger partial charge in [0.1, 0.15) is 11.3 Å². The molecule has 0 aliphatic carbocycles. The number of esters is 1. The van der Waals surface area contributed by atoms with Gasteiger partial charge in [0.05, 0.1) is 31.2 Å². The number of aryl methyl sites for hydroxylation is 2. The molecule has 0 spiro atoms. The third-order valence-corrected chi connectivity index (χ3v) is 5.11. The van der Waals surface area contributed by atoms with Gasteiger partial charge in [0, 0.05) is 17.1 Å². The van der Waals surface area contributed by atoms with Crippen LogP contribution in [0.5, 0.6) is 5.88 Å². The third kappa shape index (κ3) is 2.70. The van der Waals surface area contributed by atoms with Gasteiger partial charge in [-0.2, -0.15) is 0 Å². The van der Waals surface area contributed by atoms with Crippen LogP contribution in [0.4, 0.5) is 3.89 Å². The first kappa shape index (κ1) is 18.3. The number of aromatic nitrogens is 4. The zero-order chi connectivity index (χ0) is 20.0. The Bertz CT molecular complexity index is 1230. The zero-order valence-electron chi connectivity index (χ0n) is 15.7. The van der Waals surface area contributed by atoms with Crippen LogP contribution in [0.1, 0.15) is 21.7 Å². The number of carbonyl (C=O) groups is 1. The molecule has 0 radical (unpaired) electrons. The monoisotopic (exact) mass is 400 g/mol. The molecule has 4 aromatic heterocycles. The number of rotatable bonds is 4. The van der Waals surface area contributed by atoms with E-state index in [1.54, 1.807) is 16.5 Å². The fraction of sp³-hybridized carbons (Fsp3) is 0.211. The van der Waals surface area contributed by atoms with Crippen LogP contribution < -0.4 is 4.74 Å². The van der Waals surface area contributed by atoms with Crippen LogP contribution in [0.3, 0.4) is 0 Å². The molecule has 0 bridgehead atoms. The highest BCUT2D eigenvalue weighted by molar-refractivity contribution is 7.93. The van der Waals surface area contributed by atoms with E-state index in [-0.39, 0.29) is 12.3 Å². The van der Waals surface area contributed by atoms with Gasteiger partial charge >= 0.3 is 5.97 Å². The first-order valence-corrected chi connectivity index (χ1v) is 9.09. The normalized spacial score (nSPS) is 11.3. The van der Waals surface area contributed by atoms with Gasteiger partial charge in [-0.3, -0.25) is 4.40 Å². The molecule has 0 saturated heterocycles. The topological polar surface area (TPSA) is 70.7 Å². The first-order chi connectivity index (χ1) is 13.5. The van der Waals surface area contributed by atoms with Gasteiger partial charge in [0.2, 0.25) is 0 Å². The Morgan fingerprint density at radius 1 is 1.14 bits per heavy atom. The second-order valence-electron chi connectivity index (χ2n) is 6.28. The van der Waals surface area contributed by atoms with E-state index in [4.69, 9.17) is 9.47 Å². The second-order valence-corrected chi connectivity index (χ2v) is 6.78. The van der Waals surface area contributed by atoms with E-state index in [2.05, 4.69) is 9.97 Å². The number of nitrogens with zero attached hydrogens (tertiary/aromatic N) is 4. The van der Waals surface area contributed by atoms with Crippen LogP contribution in [0.25, 0.3) is 28.1 Å². The van der Waals surface area contributed by atoms with Crippen molar-refractivity contribution in [3.63, 3.8) is 0 Å². The summed E-state index contributed by atoms with van der Waals surface area (Å²) >= 11 is 0.0749. The highest BCUT2D eigenvalue weighted by Crippen LogP contribution is 2.35. The van der Waals surface area contributed by atoms with Gasteiger partial charge < -0.3 is 9.47 Å². The molecule has 0 saturated carbocycles. The van der Waals surface area contributed by atoms with Crippen molar-refractivity contribution in [1.82, 2.24) is 18.3 Å². The lowest BCUT2D eigenvalue weighted by atomic mass is 10.2. The predicted molar refractivity (Wildman–Crippen MR) is 105 cm³/mol. The molecule has 4 heterocycles. The highest BCUT2D eigenvalue weighted by Gasteiger charge is 2.21. The fourth-order valence-electron chi connectivity index (χ4n) is 3.29. The smallest absolute Gasteiger partial charge is 0.338 e. The summed E-state index contributed by atoms with van der Waals surface area (Å²) in [6.45, 7) is 3.72. The van der Waals surface area contributed by atoms with Crippen LogP contribution >= 0.6 is 12.3 Å². The quantitative estimate of drug-likeness (QED) is 0.480. The molecule has 0 amide bonds. The molecule has 0 aromatic carbocycles. The number of pyridine rings is 2. The molecule has 4 aromatic rings. The van der Waals surface area contributed by atoms with E-state index in [0.717, 1.165) is 16.8 Å². The molecule has 9 heteroatoms. The summed E-state index contributed by atoms with van der Waals surface area (Å²) in [5.74, 6) is -0.0604. The molecular weight excluding hydrogens is 383 g/mol. The van der Waals surface area contributed by atoms with Crippen LogP contribution in [0.2, 0.25) is 0 Å². The molecule has 28 heavy (non-hydrogen) atoms. The van der Waals surface area contributed by atoms with Crippen molar-refractivity contribution in [2.75, 3.05) is 14.2 Å². The van der Waals surface area contributed by atoms with Crippen molar-refractivity contribution in [2.24, 2.45) is 0 Å². The maximum absolute atomic E-state index is 13.8. The molecule has 0 unspecified atom stereocenters. The van der Waals surface area contributed by atoms with E-state index in [9.17, 15) is 8.68 Å². The summed E-state index contributed by atoms with van der Waals surface area (Å²) in [7, 11) is 2.82. The molecule has 4 rings (SSSR count). The molecule has 0 N–H and O–H groups in total. The SMILES string of the molecule is COC(=O)c1cc(OC)n2c(C)c(-c3cc4ccc(C)nc4n3SF)nc2c1. The van der Waals surface area contributed by atoms with Crippen molar-refractivity contribution in [3.05, 3.63) is 47.3 Å². The largest absolute Gasteiger partial charge is 0.482 e. The number of halogens is 1. The Balaban J connectivity index is 2.01. The summed E-state index contributed by atoms with van der Waals surface area (Å²) in [4.78, 5) is 21.0. The average molecular weight is 400 g/mol. The van der Waals surface area contributed by atoms with Crippen molar-refractivity contribution < 1.29 is 18.2 Å². The lowest BCUT2D eigenvalue weighted by Crippen LogP contribution is -2.04. The van der Waals surface area contributed by atoms with Crippen LogP contribution in [0.15, 0.2) is 30.3 Å². The maximum Gasteiger partial charge on any atom is 0.338 e. The van der Waals surface area contributed by atoms with Crippen LogP contribution in [-0.2, 0) is 4.74 Å². The average Bonchev–Trinajstić information content (AvgIpc) is 3.23. The number of hydrogen-bond donors (Lipinski definition) is 0. The number of imidazole rings is 1. The predicted octanol–water partition coefficient (Wildman–Crippen LogP) is 4.14. The van der Waals surface area contributed by atoms with Crippen molar-refractivity contribution >= 4 is 35.0 Å². The van der Waals surface area contributed by atoms with E-state index >= 15 is 0 Å². The summed E-state index contributed by atoms with van der Waals surface area (Å²) in [6.07, 6.45) is 0. The van der Waals surface area contributed by atoms with Crippen LogP contribution in [0, 0.1) is 13.8 Å². The minimum absolute atomic E-state index is 0.0749. The van der Waals surface area contributed by atoms with Gasteiger partial charge in [-0.25, -0.2) is 18.7 Å². The first-order valence-electron chi connectivity index (χ1n) is 8.42. The Morgan fingerprint density at radius 3 is 2.61 bits per heavy atom. The summed E-state index contributed by atoms with van der Waals surface area (Å²) in [5.41, 5.74) is 4.03. The number of methoxy groups -OCH3 is 2. The number of ether oxygens (including phenoxy) is 2. The minimum atomic E-state index is -0.490. The summed E-state index contributed by atoms with van der Waals surface area (Å²) < 4.78 is 27.2. The molecule has 144 valence electrons. The van der Waals surface area contributed by atoms with Crippen LogP contribution in [-0.4, -0.2) is 38.5 Å². The Hall–Kier alpha value is -3.07. The van der Waals surface area contributed by atoms with Gasteiger partial charge in [-0.15, -0.1) is 3.89 Å². The Labute approximate surface area is 164 Å². The number of fused-ring (bicyclic) bond motifs is 2. The zero-order valence-corrected chi connectivity index (χ0v) is 16.5. The molecule has 0 atom stereocenters. The number of hydrogen-bond acceptors (Lipinski definition) is 6. The molecule has 0 aliphatic rings. The van der Waals surface area contributed by atoms with Gasteiger partial charge in [-0.05, 0) is 38.1 Å². The second kappa shape index (κ2) is 6.83. The van der Waals surface area contributed by atoms with E-state index in [1.807, 2.05) is 32.0 Å². The lowest BCUT2D eigenvalue weighted by molar-refractivity contribution is 0.0600.